The summed E-state index contributed by atoms with van der Waals surface area (Å²) in [6.45, 7) is 8.82. The highest BCUT2D eigenvalue weighted by Crippen LogP contribution is 2.19. The van der Waals surface area contributed by atoms with E-state index in [2.05, 4.69) is 5.32 Å². The van der Waals surface area contributed by atoms with Crippen LogP contribution in [-0.2, 0) is 9.53 Å². The highest BCUT2D eigenvalue weighted by Gasteiger charge is 2.24. The van der Waals surface area contributed by atoms with Gasteiger partial charge < -0.3 is 14.8 Å². The van der Waals surface area contributed by atoms with E-state index in [1.807, 2.05) is 13.0 Å². The van der Waals surface area contributed by atoms with Gasteiger partial charge >= 0.3 is 5.97 Å². The summed E-state index contributed by atoms with van der Waals surface area (Å²) in [7, 11) is 1.50. The van der Waals surface area contributed by atoms with E-state index in [0.717, 1.165) is 5.56 Å². The average molecular weight is 293 g/mol. The van der Waals surface area contributed by atoms with Gasteiger partial charge in [0.15, 0.2) is 0 Å². The van der Waals surface area contributed by atoms with Crippen LogP contribution in [0.2, 0.25) is 0 Å². The van der Waals surface area contributed by atoms with Gasteiger partial charge in [-0.3, -0.25) is 4.79 Å². The van der Waals surface area contributed by atoms with Crippen LogP contribution in [0.4, 0.5) is 0 Å². The number of methoxy groups -OCH3 is 1. The van der Waals surface area contributed by atoms with Crippen LogP contribution in [0.25, 0.3) is 0 Å². The molecule has 0 heterocycles. The molecule has 0 spiro atoms. The van der Waals surface area contributed by atoms with Gasteiger partial charge in [-0.15, -0.1) is 0 Å². The maximum Gasteiger partial charge on any atom is 0.328 e. The first kappa shape index (κ1) is 17.0. The molecule has 1 N–H and O–H groups in total. The van der Waals surface area contributed by atoms with Crippen molar-refractivity contribution in [1.29, 1.82) is 0 Å². The van der Waals surface area contributed by atoms with Crippen LogP contribution in [0.15, 0.2) is 18.2 Å². The molecule has 5 heteroatoms. The van der Waals surface area contributed by atoms with Gasteiger partial charge in [0, 0.05) is 0 Å². The third-order valence-corrected chi connectivity index (χ3v) is 2.71. The lowest BCUT2D eigenvalue weighted by Crippen LogP contribution is -2.42. The molecule has 0 unspecified atom stereocenters. The Morgan fingerprint density at radius 3 is 2.38 bits per heavy atom. The summed E-state index contributed by atoms with van der Waals surface area (Å²) in [5.74, 6) is -0.370. The summed E-state index contributed by atoms with van der Waals surface area (Å²) in [6, 6.07) is 4.56. The molecule has 0 radical (unpaired) electrons. The molecule has 116 valence electrons. The molecule has 0 aliphatic carbocycles. The second-order valence-electron chi connectivity index (χ2n) is 5.93. The molecule has 1 atom stereocenters. The molecular weight excluding hydrogens is 270 g/mol. The van der Waals surface area contributed by atoms with E-state index in [4.69, 9.17) is 9.47 Å². The van der Waals surface area contributed by atoms with E-state index in [1.54, 1.807) is 39.8 Å². The largest absolute Gasteiger partial charge is 0.496 e. The van der Waals surface area contributed by atoms with Crippen molar-refractivity contribution in [1.82, 2.24) is 5.32 Å². The molecule has 0 aliphatic rings. The normalized spacial score (nSPS) is 12.5. The SMILES string of the molecule is COc1ccc(C)cc1C(=O)N[C@H](C)C(=O)OC(C)(C)C. The molecule has 5 nitrogen and oxygen atoms in total. The van der Waals surface area contributed by atoms with Gasteiger partial charge in [0.25, 0.3) is 5.91 Å². The second-order valence-corrected chi connectivity index (χ2v) is 5.93. The second kappa shape index (κ2) is 6.61. The van der Waals surface area contributed by atoms with Gasteiger partial charge in [0.1, 0.15) is 17.4 Å². The van der Waals surface area contributed by atoms with E-state index >= 15 is 0 Å². The number of carbonyl (C=O) groups is 2. The zero-order chi connectivity index (χ0) is 16.2. The summed E-state index contributed by atoms with van der Waals surface area (Å²) >= 11 is 0. The summed E-state index contributed by atoms with van der Waals surface area (Å²) in [5, 5.41) is 2.63. The number of hydrogen-bond acceptors (Lipinski definition) is 4. The number of rotatable bonds is 4. The van der Waals surface area contributed by atoms with Crippen molar-refractivity contribution >= 4 is 11.9 Å². The lowest BCUT2D eigenvalue weighted by molar-refractivity contribution is -0.156. The third-order valence-electron chi connectivity index (χ3n) is 2.71. The van der Waals surface area contributed by atoms with Crippen LogP contribution in [0, 0.1) is 6.92 Å². The Kier molecular flexibility index (Phi) is 5.35. The van der Waals surface area contributed by atoms with Crippen molar-refractivity contribution in [2.75, 3.05) is 7.11 Å². The third kappa shape index (κ3) is 5.10. The molecule has 1 aromatic rings. The minimum atomic E-state index is -0.734. The zero-order valence-corrected chi connectivity index (χ0v) is 13.4. The first-order valence-electron chi connectivity index (χ1n) is 6.82. The Hall–Kier alpha value is -2.04. The Bertz CT molecular complexity index is 532. The Balaban J connectivity index is 2.81. The zero-order valence-electron chi connectivity index (χ0n) is 13.4. The molecule has 0 fully saturated rings. The van der Waals surface area contributed by atoms with Gasteiger partial charge in [-0.2, -0.15) is 0 Å². The van der Waals surface area contributed by atoms with Crippen molar-refractivity contribution in [3.8, 4) is 5.75 Å². The molecule has 0 saturated carbocycles. The fourth-order valence-electron chi connectivity index (χ4n) is 1.72. The van der Waals surface area contributed by atoms with Crippen molar-refractivity contribution < 1.29 is 19.1 Å². The summed E-state index contributed by atoms with van der Waals surface area (Å²) in [4.78, 5) is 24.1. The molecule has 0 aromatic heterocycles. The highest BCUT2D eigenvalue weighted by molar-refractivity contribution is 5.99. The first-order chi connectivity index (χ1) is 9.64. The van der Waals surface area contributed by atoms with Crippen LogP contribution in [-0.4, -0.2) is 30.6 Å². The van der Waals surface area contributed by atoms with E-state index < -0.39 is 17.6 Å². The number of nitrogens with one attached hydrogen (secondary N) is 1. The minimum absolute atomic E-state index is 0.367. The number of ether oxygens (including phenoxy) is 2. The van der Waals surface area contributed by atoms with Gasteiger partial charge in [-0.25, -0.2) is 4.79 Å². The van der Waals surface area contributed by atoms with Crippen LogP contribution < -0.4 is 10.1 Å². The van der Waals surface area contributed by atoms with Gasteiger partial charge in [-0.05, 0) is 46.8 Å². The van der Waals surface area contributed by atoms with Gasteiger partial charge in [0.2, 0.25) is 0 Å². The molecule has 0 bridgehead atoms. The van der Waals surface area contributed by atoms with Crippen molar-refractivity contribution in [3.63, 3.8) is 0 Å². The maximum absolute atomic E-state index is 12.3. The number of aryl methyl sites for hydroxylation is 1. The smallest absolute Gasteiger partial charge is 0.328 e. The number of carbonyl (C=O) groups excluding carboxylic acids is 2. The van der Waals surface area contributed by atoms with Crippen LogP contribution in [0.1, 0.15) is 43.6 Å². The van der Waals surface area contributed by atoms with Crippen LogP contribution in [0.3, 0.4) is 0 Å². The molecule has 1 aromatic carbocycles. The molecule has 0 aliphatic heterocycles. The monoisotopic (exact) mass is 293 g/mol. The van der Waals surface area contributed by atoms with Crippen LogP contribution in [0.5, 0.6) is 5.75 Å². The number of esters is 1. The van der Waals surface area contributed by atoms with Gasteiger partial charge in [0.05, 0.1) is 12.7 Å². The van der Waals surface area contributed by atoms with Crippen molar-refractivity contribution in [2.45, 2.75) is 46.3 Å². The molecule has 1 amide bonds. The fraction of sp³-hybridized carbons (Fsp3) is 0.500. The lowest BCUT2D eigenvalue weighted by atomic mass is 10.1. The van der Waals surface area contributed by atoms with Crippen molar-refractivity contribution in [3.05, 3.63) is 29.3 Å². The van der Waals surface area contributed by atoms with Gasteiger partial charge in [-0.1, -0.05) is 11.6 Å². The first-order valence-corrected chi connectivity index (χ1v) is 6.82. The van der Waals surface area contributed by atoms with E-state index in [0.29, 0.717) is 11.3 Å². The highest BCUT2D eigenvalue weighted by atomic mass is 16.6. The Labute approximate surface area is 125 Å². The summed E-state index contributed by atoms with van der Waals surface area (Å²) in [6.07, 6.45) is 0. The van der Waals surface area contributed by atoms with E-state index in [-0.39, 0.29) is 5.91 Å². The number of benzene rings is 1. The predicted octanol–water partition coefficient (Wildman–Crippen LogP) is 2.46. The molecular formula is C16H23NO4. The predicted molar refractivity (Wildman–Crippen MR) is 80.5 cm³/mol. The number of hydrogen-bond donors (Lipinski definition) is 1. The topological polar surface area (TPSA) is 64.6 Å². The van der Waals surface area contributed by atoms with Crippen molar-refractivity contribution in [2.24, 2.45) is 0 Å². The number of amides is 1. The van der Waals surface area contributed by atoms with Crippen LogP contribution >= 0.6 is 0 Å². The standard InChI is InChI=1S/C16H23NO4/c1-10-7-8-13(20-6)12(9-10)14(18)17-11(2)15(19)21-16(3,4)5/h7-9,11H,1-6H3,(H,17,18)/t11-/m1/s1. The fourth-order valence-corrected chi connectivity index (χ4v) is 1.72. The summed E-state index contributed by atoms with van der Waals surface area (Å²) < 4.78 is 10.4. The van der Waals surface area contributed by atoms with E-state index in [9.17, 15) is 9.59 Å². The maximum atomic E-state index is 12.3. The Morgan fingerprint density at radius 2 is 1.86 bits per heavy atom. The molecule has 0 saturated heterocycles. The minimum Gasteiger partial charge on any atom is -0.496 e. The Morgan fingerprint density at radius 1 is 1.24 bits per heavy atom. The average Bonchev–Trinajstić information content (AvgIpc) is 2.36. The lowest BCUT2D eigenvalue weighted by Gasteiger charge is -2.22. The van der Waals surface area contributed by atoms with E-state index in [1.165, 1.54) is 7.11 Å². The quantitative estimate of drug-likeness (QED) is 0.866. The summed E-state index contributed by atoms with van der Waals surface area (Å²) in [5.41, 5.74) is 0.746. The molecule has 1 rings (SSSR count). The molecule has 21 heavy (non-hydrogen) atoms.